The molecule has 0 spiro atoms. The van der Waals surface area contributed by atoms with Crippen molar-refractivity contribution in [3.63, 3.8) is 0 Å². The van der Waals surface area contributed by atoms with Crippen molar-refractivity contribution in [2.75, 3.05) is 7.11 Å². The maximum absolute atomic E-state index is 11.3. The Morgan fingerprint density at radius 2 is 1.92 bits per heavy atom. The van der Waals surface area contributed by atoms with Gasteiger partial charge in [-0.1, -0.05) is 54.6 Å². The summed E-state index contributed by atoms with van der Waals surface area (Å²) in [7, 11) is 1.36. The van der Waals surface area contributed by atoms with Gasteiger partial charge in [0.1, 0.15) is 6.61 Å². The van der Waals surface area contributed by atoms with Crippen LogP contribution in [0, 0.1) is 0 Å². The Kier molecular flexibility index (Phi) is 6.37. The van der Waals surface area contributed by atoms with Gasteiger partial charge in [-0.15, -0.1) is 0 Å². The van der Waals surface area contributed by atoms with Crippen molar-refractivity contribution in [3.05, 3.63) is 76.8 Å². The van der Waals surface area contributed by atoms with Crippen LogP contribution in [0.4, 0.5) is 0 Å². The molecule has 0 aliphatic rings. The standard InChI is InChI=1S/C18H18ClNO4/c1-12(13-7-9-15(19)10-8-13)20-24-11-14-5-3-4-6-16(14)17(23-2)18(21)22/h3-10,17,20H,1,11H2,2H3,(H,21,22). The highest BCUT2D eigenvalue weighted by molar-refractivity contribution is 6.30. The molecule has 0 aliphatic heterocycles. The number of carboxylic acids is 1. The highest BCUT2D eigenvalue weighted by Gasteiger charge is 2.21. The number of hydrogen-bond donors (Lipinski definition) is 2. The summed E-state index contributed by atoms with van der Waals surface area (Å²) in [5, 5.41) is 9.87. The first-order chi connectivity index (χ1) is 11.5. The van der Waals surface area contributed by atoms with E-state index in [0.29, 0.717) is 21.8 Å². The SMILES string of the molecule is C=C(NOCc1ccccc1C(OC)C(=O)O)c1ccc(Cl)cc1. The Morgan fingerprint density at radius 1 is 1.25 bits per heavy atom. The minimum absolute atomic E-state index is 0.163. The predicted octanol–water partition coefficient (Wildman–Crippen LogP) is 3.80. The highest BCUT2D eigenvalue weighted by Crippen LogP contribution is 2.22. The van der Waals surface area contributed by atoms with Crippen LogP contribution in [0.3, 0.4) is 0 Å². The molecule has 0 bridgehead atoms. The fourth-order valence-corrected chi connectivity index (χ4v) is 2.32. The molecule has 1 unspecified atom stereocenters. The van der Waals surface area contributed by atoms with Crippen molar-refractivity contribution in [3.8, 4) is 0 Å². The molecule has 126 valence electrons. The van der Waals surface area contributed by atoms with Gasteiger partial charge in [0.25, 0.3) is 0 Å². The molecule has 0 saturated carbocycles. The van der Waals surface area contributed by atoms with Gasteiger partial charge >= 0.3 is 5.97 Å². The lowest BCUT2D eigenvalue weighted by molar-refractivity contribution is -0.149. The summed E-state index contributed by atoms with van der Waals surface area (Å²) in [4.78, 5) is 16.7. The van der Waals surface area contributed by atoms with Crippen LogP contribution < -0.4 is 5.48 Å². The van der Waals surface area contributed by atoms with Crippen LogP contribution in [0.5, 0.6) is 0 Å². The smallest absolute Gasteiger partial charge is 0.337 e. The first-order valence-corrected chi connectivity index (χ1v) is 7.56. The number of halogens is 1. The molecule has 2 aromatic carbocycles. The minimum atomic E-state index is -1.05. The molecular weight excluding hydrogens is 330 g/mol. The molecule has 0 saturated heterocycles. The molecule has 2 aromatic rings. The first kappa shape index (κ1) is 18.0. The number of carboxylic acid groups (broad SMARTS) is 1. The van der Waals surface area contributed by atoms with Crippen LogP contribution in [0.2, 0.25) is 5.02 Å². The second-order valence-electron chi connectivity index (χ2n) is 5.03. The zero-order valence-corrected chi connectivity index (χ0v) is 13.9. The van der Waals surface area contributed by atoms with E-state index in [4.69, 9.17) is 21.2 Å². The quantitative estimate of drug-likeness (QED) is 0.711. The monoisotopic (exact) mass is 347 g/mol. The van der Waals surface area contributed by atoms with E-state index in [1.807, 2.05) is 18.2 Å². The molecular formula is C18H18ClNO4. The lowest BCUT2D eigenvalue weighted by atomic mass is 10.0. The Bertz CT molecular complexity index is 715. The summed E-state index contributed by atoms with van der Waals surface area (Å²) in [6.45, 7) is 4.05. The van der Waals surface area contributed by atoms with E-state index in [0.717, 1.165) is 5.56 Å². The molecule has 1 atom stereocenters. The fourth-order valence-electron chi connectivity index (χ4n) is 2.19. The van der Waals surface area contributed by atoms with Crippen molar-refractivity contribution in [2.24, 2.45) is 0 Å². The first-order valence-electron chi connectivity index (χ1n) is 7.19. The lowest BCUT2D eigenvalue weighted by Gasteiger charge is -2.16. The molecule has 0 fully saturated rings. The number of carbonyl (C=O) groups is 1. The molecule has 24 heavy (non-hydrogen) atoms. The topological polar surface area (TPSA) is 67.8 Å². The van der Waals surface area contributed by atoms with E-state index < -0.39 is 12.1 Å². The number of methoxy groups -OCH3 is 1. The maximum atomic E-state index is 11.3. The largest absolute Gasteiger partial charge is 0.479 e. The van der Waals surface area contributed by atoms with Gasteiger partial charge in [0.2, 0.25) is 0 Å². The number of ether oxygens (including phenoxy) is 1. The molecule has 5 nitrogen and oxygen atoms in total. The molecule has 0 radical (unpaired) electrons. The lowest BCUT2D eigenvalue weighted by Crippen LogP contribution is -2.17. The van der Waals surface area contributed by atoms with Crippen LogP contribution in [0.1, 0.15) is 22.8 Å². The van der Waals surface area contributed by atoms with E-state index in [2.05, 4.69) is 12.1 Å². The fraction of sp³-hybridized carbons (Fsp3) is 0.167. The molecule has 0 amide bonds. The molecule has 6 heteroatoms. The average molecular weight is 348 g/mol. The molecule has 2 N–H and O–H groups in total. The van der Waals surface area contributed by atoms with E-state index in [1.54, 1.807) is 30.3 Å². The molecule has 0 aromatic heterocycles. The number of nitrogens with one attached hydrogen (secondary N) is 1. The van der Waals surface area contributed by atoms with Gasteiger partial charge in [-0.3, -0.25) is 10.3 Å². The summed E-state index contributed by atoms with van der Waals surface area (Å²) in [6.07, 6.45) is -1.04. The van der Waals surface area contributed by atoms with E-state index in [-0.39, 0.29) is 6.61 Å². The molecule has 0 aliphatic carbocycles. The van der Waals surface area contributed by atoms with E-state index >= 15 is 0 Å². The second-order valence-corrected chi connectivity index (χ2v) is 5.47. The van der Waals surface area contributed by atoms with Crippen LogP contribution in [-0.2, 0) is 21.0 Å². The number of rotatable bonds is 8. The maximum Gasteiger partial charge on any atom is 0.337 e. The van der Waals surface area contributed by atoms with Crippen molar-refractivity contribution >= 4 is 23.3 Å². The number of hydroxylamine groups is 1. The van der Waals surface area contributed by atoms with Crippen LogP contribution >= 0.6 is 11.6 Å². The van der Waals surface area contributed by atoms with Crippen LogP contribution in [0.25, 0.3) is 5.70 Å². The van der Waals surface area contributed by atoms with Gasteiger partial charge in [0.05, 0.1) is 5.70 Å². The van der Waals surface area contributed by atoms with Gasteiger partial charge in [0.15, 0.2) is 6.10 Å². The molecule has 0 heterocycles. The van der Waals surface area contributed by atoms with Crippen molar-refractivity contribution in [2.45, 2.75) is 12.7 Å². The van der Waals surface area contributed by atoms with E-state index in [9.17, 15) is 9.90 Å². The number of hydrogen-bond acceptors (Lipinski definition) is 4. The third kappa shape index (κ3) is 4.58. The van der Waals surface area contributed by atoms with Gasteiger partial charge in [-0.05, 0) is 28.8 Å². The van der Waals surface area contributed by atoms with Gasteiger partial charge in [0, 0.05) is 12.1 Å². The summed E-state index contributed by atoms with van der Waals surface area (Å²) in [5.74, 6) is -1.05. The summed E-state index contributed by atoms with van der Waals surface area (Å²) >= 11 is 5.85. The minimum Gasteiger partial charge on any atom is -0.479 e. The van der Waals surface area contributed by atoms with Crippen LogP contribution in [0.15, 0.2) is 55.1 Å². The van der Waals surface area contributed by atoms with Crippen molar-refractivity contribution in [1.82, 2.24) is 5.48 Å². The normalized spacial score (nSPS) is 11.8. The second kappa shape index (κ2) is 8.49. The Hall–Kier alpha value is -2.34. The van der Waals surface area contributed by atoms with Crippen molar-refractivity contribution in [1.29, 1.82) is 0 Å². The van der Waals surface area contributed by atoms with Crippen molar-refractivity contribution < 1.29 is 19.5 Å². The summed E-state index contributed by atoms with van der Waals surface area (Å²) < 4.78 is 5.04. The Balaban J connectivity index is 2.01. The Labute approximate surface area is 145 Å². The summed E-state index contributed by atoms with van der Waals surface area (Å²) in [5.41, 5.74) is 5.43. The van der Waals surface area contributed by atoms with E-state index in [1.165, 1.54) is 7.11 Å². The number of aliphatic carboxylic acids is 1. The summed E-state index contributed by atoms with van der Waals surface area (Å²) in [6, 6.07) is 14.2. The third-order valence-corrected chi connectivity index (χ3v) is 3.67. The predicted molar refractivity (Wildman–Crippen MR) is 92.2 cm³/mol. The van der Waals surface area contributed by atoms with Gasteiger partial charge < -0.3 is 9.84 Å². The van der Waals surface area contributed by atoms with Gasteiger partial charge in [-0.25, -0.2) is 4.79 Å². The average Bonchev–Trinajstić information content (AvgIpc) is 2.57. The zero-order valence-electron chi connectivity index (χ0n) is 13.2. The highest BCUT2D eigenvalue weighted by atomic mass is 35.5. The molecule has 2 rings (SSSR count). The number of benzene rings is 2. The third-order valence-electron chi connectivity index (χ3n) is 3.41. The zero-order chi connectivity index (χ0) is 17.5. The van der Waals surface area contributed by atoms with Gasteiger partial charge in [-0.2, -0.15) is 0 Å². The van der Waals surface area contributed by atoms with Crippen LogP contribution in [-0.4, -0.2) is 18.2 Å². The Morgan fingerprint density at radius 3 is 2.54 bits per heavy atom.